The second-order valence-corrected chi connectivity index (χ2v) is 18.6. The standard InChI is InChI=1S/C52H70N8O8/c1-9-11-13-19-43(61)59-41(31-53-47(59)39-17-15-29-57(39)49(63)45(33(3)4)55-51(65)67-7)37-25-21-35(22-26-37)36-23-27-38(28-24-36)42-32-54-48(60(42)44(62)20-14-12-10-2)40-18-16-30-58(40)50(64)46(34(5)6)56-52(66)68-8/h21-28,31-34,39-40,45-46H,9-20,29-30H2,1-8H3,(H,55,65)(H,56,66)/t39-,40-,45+,46+/m1/s1. The molecule has 0 aliphatic carbocycles. The monoisotopic (exact) mass is 935 g/mol. The third-order valence-corrected chi connectivity index (χ3v) is 13.2. The highest BCUT2D eigenvalue weighted by molar-refractivity contribution is 5.89. The van der Waals surface area contributed by atoms with Crippen molar-refractivity contribution in [3.63, 3.8) is 0 Å². The number of alkyl carbamates (subject to hydrolysis) is 2. The van der Waals surface area contributed by atoms with Crippen molar-refractivity contribution in [1.29, 1.82) is 0 Å². The first-order valence-electron chi connectivity index (χ1n) is 24.5. The fraction of sp³-hybridized carbons (Fsp3) is 0.538. The van der Waals surface area contributed by atoms with Crippen molar-refractivity contribution in [2.24, 2.45) is 11.8 Å². The van der Waals surface area contributed by atoms with Crippen LogP contribution in [0.5, 0.6) is 0 Å². The molecule has 4 aromatic rings. The molecule has 2 saturated heterocycles. The van der Waals surface area contributed by atoms with Crippen LogP contribution >= 0.6 is 0 Å². The van der Waals surface area contributed by atoms with E-state index in [-0.39, 0.29) is 35.5 Å². The topological polar surface area (TPSA) is 187 Å². The number of methoxy groups -OCH3 is 2. The van der Waals surface area contributed by atoms with Gasteiger partial charge < -0.3 is 29.9 Å². The predicted octanol–water partition coefficient (Wildman–Crippen LogP) is 9.61. The minimum atomic E-state index is -0.799. The summed E-state index contributed by atoms with van der Waals surface area (Å²) in [6.45, 7) is 12.6. The van der Waals surface area contributed by atoms with Crippen molar-refractivity contribution in [3.8, 4) is 33.6 Å². The molecule has 0 saturated carbocycles. The van der Waals surface area contributed by atoms with Gasteiger partial charge in [0.15, 0.2) is 0 Å². The molecule has 2 aliphatic heterocycles. The summed E-state index contributed by atoms with van der Waals surface area (Å²) in [5.41, 5.74) is 4.77. The Hall–Kier alpha value is -6.32. The maximum absolute atomic E-state index is 14.1. The zero-order chi connectivity index (χ0) is 49.1. The minimum absolute atomic E-state index is 0.0817. The summed E-state index contributed by atoms with van der Waals surface area (Å²) in [4.78, 5) is 93.8. The second kappa shape index (κ2) is 23.6. The summed E-state index contributed by atoms with van der Waals surface area (Å²) < 4.78 is 13.0. The van der Waals surface area contributed by atoms with Crippen LogP contribution in [0.2, 0.25) is 0 Å². The summed E-state index contributed by atoms with van der Waals surface area (Å²) in [6, 6.07) is 13.4. The molecule has 2 fully saturated rings. The van der Waals surface area contributed by atoms with E-state index >= 15 is 0 Å². The molecule has 4 amide bonds. The van der Waals surface area contributed by atoms with Crippen molar-refractivity contribution >= 4 is 35.8 Å². The Labute approximate surface area is 400 Å². The second-order valence-electron chi connectivity index (χ2n) is 18.6. The molecule has 2 N–H and O–H groups in total. The Kier molecular flexibility index (Phi) is 17.7. The third-order valence-electron chi connectivity index (χ3n) is 13.2. The largest absolute Gasteiger partial charge is 0.453 e. The smallest absolute Gasteiger partial charge is 0.407 e. The Morgan fingerprint density at radius 3 is 1.25 bits per heavy atom. The van der Waals surface area contributed by atoms with E-state index in [1.54, 1.807) is 31.3 Å². The van der Waals surface area contributed by atoms with E-state index in [4.69, 9.17) is 19.4 Å². The van der Waals surface area contributed by atoms with Crippen LogP contribution < -0.4 is 10.6 Å². The molecule has 366 valence electrons. The first-order chi connectivity index (χ1) is 32.7. The molecule has 2 aromatic heterocycles. The molecule has 6 rings (SSSR count). The van der Waals surface area contributed by atoms with Gasteiger partial charge in [-0.05, 0) is 61.5 Å². The number of likely N-dealkylation sites (tertiary alicyclic amines) is 2. The fourth-order valence-corrected chi connectivity index (χ4v) is 9.43. The molecular formula is C52H70N8O8. The molecule has 4 atom stereocenters. The number of hydrogen-bond donors (Lipinski definition) is 2. The lowest BCUT2D eigenvalue weighted by molar-refractivity contribution is -0.136. The van der Waals surface area contributed by atoms with Crippen LogP contribution in [-0.4, -0.2) is 104 Å². The van der Waals surface area contributed by atoms with Gasteiger partial charge in [0, 0.05) is 37.1 Å². The van der Waals surface area contributed by atoms with Gasteiger partial charge in [-0.25, -0.2) is 19.6 Å². The number of hydrogen-bond acceptors (Lipinski definition) is 10. The number of amides is 4. The van der Waals surface area contributed by atoms with Crippen molar-refractivity contribution in [1.82, 2.24) is 39.5 Å². The van der Waals surface area contributed by atoms with Crippen LogP contribution in [0.3, 0.4) is 0 Å². The first kappa shape index (κ1) is 51.1. The average Bonchev–Trinajstić information content (AvgIpc) is 4.18. The summed E-state index contributed by atoms with van der Waals surface area (Å²) in [7, 11) is 2.54. The Morgan fingerprint density at radius 2 is 0.926 bits per heavy atom. The Bertz CT molecular complexity index is 2220. The number of benzene rings is 2. The molecule has 0 bridgehead atoms. The van der Waals surface area contributed by atoms with Crippen LogP contribution in [0.1, 0.15) is 152 Å². The van der Waals surface area contributed by atoms with Gasteiger partial charge in [-0.15, -0.1) is 0 Å². The van der Waals surface area contributed by atoms with Crippen LogP contribution in [0, 0.1) is 11.8 Å². The van der Waals surface area contributed by atoms with Crippen LogP contribution in [0.25, 0.3) is 33.6 Å². The molecule has 0 spiro atoms. The lowest BCUT2D eigenvalue weighted by Gasteiger charge is -2.30. The van der Waals surface area contributed by atoms with Crippen molar-refractivity contribution in [2.45, 2.75) is 143 Å². The first-order valence-corrected chi connectivity index (χ1v) is 24.5. The van der Waals surface area contributed by atoms with Crippen molar-refractivity contribution in [3.05, 3.63) is 72.6 Å². The van der Waals surface area contributed by atoms with Gasteiger partial charge in [0.1, 0.15) is 23.7 Å². The summed E-state index contributed by atoms with van der Waals surface area (Å²) in [5.74, 6) is 0.00366. The summed E-state index contributed by atoms with van der Waals surface area (Å²) >= 11 is 0. The highest BCUT2D eigenvalue weighted by Crippen LogP contribution is 2.38. The van der Waals surface area contributed by atoms with Gasteiger partial charge in [-0.2, -0.15) is 0 Å². The average molecular weight is 935 g/mol. The van der Waals surface area contributed by atoms with Crippen LogP contribution in [0.4, 0.5) is 9.59 Å². The molecule has 0 unspecified atom stereocenters. The van der Waals surface area contributed by atoms with Crippen LogP contribution in [0.15, 0.2) is 60.9 Å². The number of imidazole rings is 2. The van der Waals surface area contributed by atoms with Gasteiger partial charge in [-0.1, -0.05) is 116 Å². The number of nitrogens with one attached hydrogen (secondary N) is 2. The van der Waals surface area contributed by atoms with Gasteiger partial charge in [0.05, 0.1) is 50.1 Å². The number of rotatable bonds is 19. The van der Waals surface area contributed by atoms with E-state index in [1.165, 1.54) is 14.2 Å². The molecular weight excluding hydrogens is 865 g/mol. The van der Waals surface area contributed by atoms with Gasteiger partial charge in [-0.3, -0.25) is 28.3 Å². The van der Waals surface area contributed by atoms with E-state index in [0.29, 0.717) is 61.8 Å². The van der Waals surface area contributed by atoms with Crippen molar-refractivity contribution in [2.75, 3.05) is 27.3 Å². The number of carbonyl (C=O) groups excluding carboxylic acids is 6. The number of aromatic nitrogens is 4. The molecule has 4 heterocycles. The number of nitrogens with zero attached hydrogens (tertiary/aromatic N) is 6. The van der Waals surface area contributed by atoms with Gasteiger partial charge >= 0.3 is 12.2 Å². The van der Waals surface area contributed by atoms with E-state index in [2.05, 4.69) is 24.5 Å². The molecule has 0 radical (unpaired) electrons. The quantitative estimate of drug-likeness (QED) is 0.0858. The zero-order valence-corrected chi connectivity index (χ0v) is 41.1. The minimum Gasteiger partial charge on any atom is -0.453 e. The van der Waals surface area contributed by atoms with E-state index in [1.807, 2.05) is 76.2 Å². The number of carbonyl (C=O) groups is 6. The highest BCUT2D eigenvalue weighted by atomic mass is 16.5. The lowest BCUT2D eigenvalue weighted by atomic mass is 10.0. The molecule has 16 nitrogen and oxygen atoms in total. The van der Waals surface area contributed by atoms with Gasteiger partial charge in [0.25, 0.3) is 0 Å². The fourth-order valence-electron chi connectivity index (χ4n) is 9.43. The predicted molar refractivity (Wildman–Crippen MR) is 260 cm³/mol. The SMILES string of the molecule is CCCCCC(=O)n1c(-c2ccc(-c3ccc(-c4cnc([C@H]5CCCN5C(=O)[C@@H](NC(=O)OC)C(C)C)n4C(=O)CCCCC)cc3)cc2)cnc1[C@H]1CCCN1C(=O)[C@@H](NC(=O)OC)C(C)C. The third kappa shape index (κ3) is 11.5. The Balaban J connectivity index is 1.28. The molecule has 68 heavy (non-hydrogen) atoms. The number of unbranched alkanes of at least 4 members (excludes halogenated alkanes) is 4. The summed E-state index contributed by atoms with van der Waals surface area (Å²) in [6.07, 6.45) is 10.7. The van der Waals surface area contributed by atoms with Gasteiger partial charge in [0.2, 0.25) is 23.6 Å². The summed E-state index contributed by atoms with van der Waals surface area (Å²) in [5, 5.41) is 5.40. The molecule has 16 heteroatoms. The highest BCUT2D eigenvalue weighted by Gasteiger charge is 2.41. The Morgan fingerprint density at radius 1 is 0.574 bits per heavy atom. The van der Waals surface area contributed by atoms with E-state index < -0.39 is 36.4 Å². The van der Waals surface area contributed by atoms with Crippen LogP contribution in [-0.2, 0) is 19.1 Å². The van der Waals surface area contributed by atoms with E-state index in [0.717, 1.165) is 73.6 Å². The lowest BCUT2D eigenvalue weighted by Crippen LogP contribution is -2.51. The normalized spacial score (nSPS) is 16.8. The molecule has 2 aliphatic rings. The zero-order valence-electron chi connectivity index (χ0n) is 41.1. The van der Waals surface area contributed by atoms with Crippen molar-refractivity contribution < 1.29 is 38.2 Å². The van der Waals surface area contributed by atoms with E-state index in [9.17, 15) is 28.8 Å². The maximum atomic E-state index is 14.1. The molecule has 2 aromatic carbocycles. The number of ether oxygens (including phenoxy) is 2. The maximum Gasteiger partial charge on any atom is 0.407 e.